The third-order valence-electron chi connectivity index (χ3n) is 2.62. The number of nitrogens with one attached hydrogen (secondary N) is 2. The molecule has 0 aliphatic rings. The van der Waals surface area contributed by atoms with Gasteiger partial charge in [-0.15, -0.1) is 0 Å². The molecule has 6 nitrogen and oxygen atoms in total. The van der Waals surface area contributed by atoms with Crippen LogP contribution in [0.1, 0.15) is 19.2 Å². The van der Waals surface area contributed by atoms with Crippen molar-refractivity contribution in [1.29, 1.82) is 0 Å². The van der Waals surface area contributed by atoms with E-state index in [2.05, 4.69) is 20.5 Å². The van der Waals surface area contributed by atoms with Crippen LogP contribution in [0.5, 0.6) is 5.75 Å². The molecule has 2 rings (SSSR count). The number of nitrogens with two attached hydrogens (primary N) is 1. The van der Waals surface area contributed by atoms with Crippen molar-refractivity contribution in [1.82, 2.24) is 15.2 Å². The lowest BCUT2D eigenvalue weighted by Crippen LogP contribution is -2.04. The number of rotatable bonds is 7. The molecule has 102 valence electrons. The van der Waals surface area contributed by atoms with Gasteiger partial charge in [-0.3, -0.25) is 5.10 Å². The Kier molecular flexibility index (Phi) is 4.60. The van der Waals surface area contributed by atoms with Crippen molar-refractivity contribution in [2.24, 2.45) is 0 Å². The summed E-state index contributed by atoms with van der Waals surface area (Å²) in [5, 5.41) is 9.98. The fraction of sp³-hybridized carbons (Fsp3) is 0.385. The molecule has 1 aromatic carbocycles. The van der Waals surface area contributed by atoms with E-state index in [1.807, 2.05) is 25.1 Å². The minimum atomic E-state index is 0.633. The van der Waals surface area contributed by atoms with Gasteiger partial charge in [0, 0.05) is 36.5 Å². The average Bonchev–Trinajstić information content (AvgIpc) is 2.87. The number of anilines is 2. The predicted octanol–water partition coefficient (Wildman–Crippen LogP) is 1.83. The van der Waals surface area contributed by atoms with Gasteiger partial charge < -0.3 is 15.8 Å². The fourth-order valence-corrected chi connectivity index (χ4v) is 1.81. The van der Waals surface area contributed by atoms with Crippen LogP contribution in [-0.2, 0) is 6.42 Å². The van der Waals surface area contributed by atoms with Crippen LogP contribution >= 0.6 is 0 Å². The number of nitrogen functional groups attached to an aromatic ring is 1. The van der Waals surface area contributed by atoms with Crippen molar-refractivity contribution >= 4 is 11.4 Å². The standard InChI is InChI=1S/C13H19N5O/c1-2-19-12-7-10(14)6-11(8-12)15-5-3-4-13-16-9-17-18-13/h6-9,15H,2-5,14H2,1H3,(H,16,17,18). The van der Waals surface area contributed by atoms with Crippen molar-refractivity contribution in [3.05, 3.63) is 30.4 Å². The number of H-pyrrole nitrogens is 1. The van der Waals surface area contributed by atoms with Crippen LogP contribution in [0.4, 0.5) is 11.4 Å². The van der Waals surface area contributed by atoms with Crippen LogP contribution in [-0.4, -0.2) is 28.3 Å². The Morgan fingerprint density at radius 3 is 3.00 bits per heavy atom. The molecule has 0 saturated heterocycles. The Hall–Kier alpha value is -2.24. The summed E-state index contributed by atoms with van der Waals surface area (Å²) < 4.78 is 5.45. The first-order valence-corrected chi connectivity index (χ1v) is 6.39. The summed E-state index contributed by atoms with van der Waals surface area (Å²) in [5.74, 6) is 1.70. The van der Waals surface area contributed by atoms with Gasteiger partial charge in [0.2, 0.25) is 0 Å². The molecule has 0 aliphatic carbocycles. The molecule has 0 fully saturated rings. The molecule has 0 radical (unpaired) electrons. The van der Waals surface area contributed by atoms with Gasteiger partial charge in [0.25, 0.3) is 0 Å². The zero-order chi connectivity index (χ0) is 13.5. The summed E-state index contributed by atoms with van der Waals surface area (Å²) >= 11 is 0. The van der Waals surface area contributed by atoms with E-state index in [0.717, 1.165) is 36.6 Å². The molecule has 19 heavy (non-hydrogen) atoms. The van der Waals surface area contributed by atoms with Crippen LogP contribution in [0.25, 0.3) is 0 Å². The molecule has 1 aromatic heterocycles. The van der Waals surface area contributed by atoms with Crippen LogP contribution < -0.4 is 15.8 Å². The van der Waals surface area contributed by atoms with E-state index in [1.54, 1.807) is 0 Å². The lowest BCUT2D eigenvalue weighted by atomic mass is 10.2. The molecule has 0 spiro atoms. The van der Waals surface area contributed by atoms with E-state index < -0.39 is 0 Å². The van der Waals surface area contributed by atoms with Crippen LogP contribution in [0.3, 0.4) is 0 Å². The molecule has 1 heterocycles. The summed E-state index contributed by atoms with van der Waals surface area (Å²) in [7, 11) is 0. The largest absolute Gasteiger partial charge is 0.494 e. The maximum atomic E-state index is 5.83. The first kappa shape index (κ1) is 13.2. The summed E-state index contributed by atoms with van der Waals surface area (Å²) in [6.07, 6.45) is 3.36. The Morgan fingerprint density at radius 2 is 2.26 bits per heavy atom. The van der Waals surface area contributed by atoms with E-state index >= 15 is 0 Å². The normalized spacial score (nSPS) is 10.4. The number of aromatic amines is 1. The lowest BCUT2D eigenvalue weighted by molar-refractivity contribution is 0.340. The lowest BCUT2D eigenvalue weighted by Gasteiger charge is -2.10. The van der Waals surface area contributed by atoms with Crippen molar-refractivity contribution in [3.8, 4) is 5.75 Å². The maximum Gasteiger partial charge on any atom is 0.137 e. The molecule has 2 aromatic rings. The number of nitrogens with zero attached hydrogens (tertiary/aromatic N) is 2. The molecule has 4 N–H and O–H groups in total. The maximum absolute atomic E-state index is 5.83. The zero-order valence-corrected chi connectivity index (χ0v) is 11.0. The number of aryl methyl sites for hydroxylation is 1. The Labute approximate surface area is 112 Å². The van der Waals surface area contributed by atoms with E-state index in [0.29, 0.717) is 12.3 Å². The number of hydrogen-bond acceptors (Lipinski definition) is 5. The molecule has 0 bridgehead atoms. The molecule has 0 atom stereocenters. The second kappa shape index (κ2) is 6.63. The SMILES string of the molecule is CCOc1cc(N)cc(NCCCc2ncn[nH]2)c1. The quantitative estimate of drug-likeness (QED) is 0.522. The van der Waals surface area contributed by atoms with Gasteiger partial charge in [0.05, 0.1) is 6.61 Å². The highest BCUT2D eigenvalue weighted by atomic mass is 16.5. The average molecular weight is 261 g/mol. The summed E-state index contributed by atoms with van der Waals surface area (Å²) in [5.41, 5.74) is 7.50. The van der Waals surface area contributed by atoms with Gasteiger partial charge in [-0.2, -0.15) is 5.10 Å². The highest BCUT2D eigenvalue weighted by Gasteiger charge is 2.00. The molecule has 0 saturated carbocycles. The zero-order valence-electron chi connectivity index (χ0n) is 11.0. The van der Waals surface area contributed by atoms with E-state index in [1.165, 1.54) is 6.33 Å². The smallest absolute Gasteiger partial charge is 0.137 e. The minimum Gasteiger partial charge on any atom is -0.494 e. The monoisotopic (exact) mass is 261 g/mol. The molecule has 0 amide bonds. The van der Waals surface area contributed by atoms with Crippen molar-refractivity contribution in [2.75, 3.05) is 24.2 Å². The Balaban J connectivity index is 1.81. The van der Waals surface area contributed by atoms with Crippen molar-refractivity contribution < 1.29 is 4.74 Å². The fourth-order valence-electron chi connectivity index (χ4n) is 1.81. The van der Waals surface area contributed by atoms with Crippen LogP contribution in [0.15, 0.2) is 24.5 Å². The molecule has 0 unspecified atom stereocenters. The molecular weight excluding hydrogens is 242 g/mol. The van der Waals surface area contributed by atoms with E-state index in [-0.39, 0.29) is 0 Å². The van der Waals surface area contributed by atoms with Crippen molar-refractivity contribution in [2.45, 2.75) is 19.8 Å². The summed E-state index contributed by atoms with van der Waals surface area (Å²) in [4.78, 5) is 4.08. The van der Waals surface area contributed by atoms with Crippen molar-refractivity contribution in [3.63, 3.8) is 0 Å². The second-order valence-corrected chi connectivity index (χ2v) is 4.19. The topological polar surface area (TPSA) is 88.8 Å². The van der Waals surface area contributed by atoms with Gasteiger partial charge in [-0.05, 0) is 19.4 Å². The van der Waals surface area contributed by atoms with Gasteiger partial charge in [-0.1, -0.05) is 0 Å². The Bertz CT molecular complexity index is 498. The second-order valence-electron chi connectivity index (χ2n) is 4.19. The number of ether oxygens (including phenoxy) is 1. The van der Waals surface area contributed by atoms with Gasteiger partial charge in [0.1, 0.15) is 17.9 Å². The third kappa shape index (κ3) is 4.17. The summed E-state index contributed by atoms with van der Waals surface area (Å²) in [6.45, 7) is 3.43. The molecular formula is C13H19N5O. The number of aromatic nitrogens is 3. The molecule has 6 heteroatoms. The predicted molar refractivity (Wildman–Crippen MR) is 75.2 cm³/mol. The Morgan fingerprint density at radius 1 is 1.37 bits per heavy atom. The first-order chi connectivity index (χ1) is 9.28. The first-order valence-electron chi connectivity index (χ1n) is 6.39. The number of benzene rings is 1. The number of hydrogen-bond donors (Lipinski definition) is 3. The van der Waals surface area contributed by atoms with Gasteiger partial charge in [-0.25, -0.2) is 4.98 Å². The van der Waals surface area contributed by atoms with Gasteiger partial charge >= 0.3 is 0 Å². The van der Waals surface area contributed by atoms with Gasteiger partial charge in [0.15, 0.2) is 0 Å². The van der Waals surface area contributed by atoms with E-state index in [9.17, 15) is 0 Å². The minimum absolute atomic E-state index is 0.633. The highest BCUT2D eigenvalue weighted by Crippen LogP contribution is 2.22. The third-order valence-corrected chi connectivity index (χ3v) is 2.62. The molecule has 0 aliphatic heterocycles. The summed E-state index contributed by atoms with van der Waals surface area (Å²) in [6, 6.07) is 5.68. The van der Waals surface area contributed by atoms with Crippen LogP contribution in [0, 0.1) is 0 Å². The van der Waals surface area contributed by atoms with E-state index in [4.69, 9.17) is 10.5 Å². The highest BCUT2D eigenvalue weighted by molar-refractivity contribution is 5.59. The van der Waals surface area contributed by atoms with Crippen LogP contribution in [0.2, 0.25) is 0 Å².